The number of carbonyl (C=O) groups excluding carboxylic acids is 1. The van der Waals surface area contributed by atoms with Crippen molar-refractivity contribution in [3.05, 3.63) is 71.8 Å². The molecule has 1 amide bonds. The molecular formula is C28H28F5N7O2S. The van der Waals surface area contributed by atoms with E-state index in [4.69, 9.17) is 4.74 Å². The first-order valence-electron chi connectivity index (χ1n) is 12.4. The Balaban J connectivity index is 0.00000101. The molecule has 0 aliphatic rings. The molecule has 0 atom stereocenters. The van der Waals surface area contributed by atoms with Crippen molar-refractivity contribution in [2.75, 3.05) is 26.8 Å². The minimum atomic E-state index is -2.80. The summed E-state index contributed by atoms with van der Waals surface area (Å²) in [5.41, 5.74) is 1.99. The van der Waals surface area contributed by atoms with E-state index in [0.717, 1.165) is 17.5 Å². The molecule has 0 saturated carbocycles. The van der Waals surface area contributed by atoms with Gasteiger partial charge in [0.15, 0.2) is 15.6 Å². The van der Waals surface area contributed by atoms with Gasteiger partial charge in [-0.25, -0.2) is 23.1 Å². The highest BCUT2D eigenvalue weighted by Gasteiger charge is 2.21. The van der Waals surface area contributed by atoms with E-state index in [9.17, 15) is 26.7 Å². The number of hydrogen-bond donors (Lipinski definition) is 1. The van der Waals surface area contributed by atoms with Gasteiger partial charge < -0.3 is 4.74 Å². The van der Waals surface area contributed by atoms with Gasteiger partial charge in [-0.3, -0.25) is 33.8 Å². The summed E-state index contributed by atoms with van der Waals surface area (Å²) in [5.74, 6) is -0.820. The van der Waals surface area contributed by atoms with Crippen LogP contribution in [-0.2, 0) is 0 Å². The summed E-state index contributed by atoms with van der Waals surface area (Å²) in [4.78, 5) is 38.6. The molecular weight excluding hydrogens is 593 g/mol. The topological polar surface area (TPSA) is 116 Å². The molecule has 5 aromatic rings. The molecule has 228 valence electrons. The van der Waals surface area contributed by atoms with E-state index in [1.54, 1.807) is 13.0 Å². The first kappa shape index (κ1) is 34.5. The molecule has 1 N–H and O–H groups in total. The van der Waals surface area contributed by atoms with Crippen molar-refractivity contribution < 1.29 is 31.5 Å². The number of carbonyl (C=O) groups is 1. The normalized spacial score (nSPS) is 10.0. The Hall–Kier alpha value is -4.66. The highest BCUT2D eigenvalue weighted by molar-refractivity contribution is 7.21. The molecule has 0 unspecified atom stereocenters. The van der Waals surface area contributed by atoms with Gasteiger partial charge in [-0.05, 0) is 31.2 Å². The fourth-order valence-electron chi connectivity index (χ4n) is 3.51. The Kier molecular flexibility index (Phi) is 13.4. The molecule has 0 aromatic carbocycles. The van der Waals surface area contributed by atoms with Crippen molar-refractivity contribution in [3.8, 4) is 28.3 Å². The number of halogens is 5. The summed E-state index contributed by atoms with van der Waals surface area (Å²) in [7, 11) is 2.38. The average molecular weight is 622 g/mol. The van der Waals surface area contributed by atoms with Crippen LogP contribution in [0.1, 0.15) is 42.0 Å². The molecule has 43 heavy (non-hydrogen) atoms. The predicted molar refractivity (Wildman–Crippen MR) is 155 cm³/mol. The zero-order valence-corrected chi connectivity index (χ0v) is 24.8. The zero-order valence-electron chi connectivity index (χ0n) is 24.0. The van der Waals surface area contributed by atoms with Gasteiger partial charge in [-0.15, -0.1) is 0 Å². The van der Waals surface area contributed by atoms with Crippen LogP contribution in [0.25, 0.3) is 33.0 Å². The van der Waals surface area contributed by atoms with E-state index in [1.807, 2.05) is 13.8 Å². The van der Waals surface area contributed by atoms with Crippen molar-refractivity contribution in [3.63, 3.8) is 0 Å². The Labute approximate surface area is 248 Å². The maximum atomic E-state index is 13.3. The van der Waals surface area contributed by atoms with Gasteiger partial charge in [0, 0.05) is 23.0 Å². The third-order valence-electron chi connectivity index (χ3n) is 5.24. The Bertz CT molecular complexity index is 1640. The van der Waals surface area contributed by atoms with Crippen molar-refractivity contribution in [1.29, 1.82) is 0 Å². The Morgan fingerprint density at radius 2 is 1.60 bits per heavy atom. The highest BCUT2D eigenvalue weighted by Crippen LogP contribution is 2.35. The lowest BCUT2D eigenvalue weighted by molar-refractivity contribution is 0.102. The summed E-state index contributed by atoms with van der Waals surface area (Å²) in [6.45, 7) is 5.71. The van der Waals surface area contributed by atoms with E-state index < -0.39 is 23.8 Å². The lowest BCUT2D eigenvalue weighted by Gasteiger charge is -2.14. The Morgan fingerprint density at radius 1 is 0.884 bits per heavy atom. The second kappa shape index (κ2) is 16.7. The number of aromatic nitrogens is 6. The van der Waals surface area contributed by atoms with Crippen LogP contribution in [0.3, 0.4) is 0 Å². The SMILES string of the molecule is CC.CF.CF.COc1cnc(C(F)F)cc1-c1cc(C)ncc1C(=O)Nc1nc2ncc(-c3ccc(F)cn3)nc2s1. The number of hydrogen-bond acceptors (Lipinski definition) is 9. The van der Waals surface area contributed by atoms with Crippen LogP contribution in [0.5, 0.6) is 5.75 Å². The molecule has 5 aromatic heterocycles. The molecule has 0 radical (unpaired) electrons. The molecule has 5 rings (SSSR count). The van der Waals surface area contributed by atoms with E-state index in [1.165, 1.54) is 43.9 Å². The predicted octanol–water partition coefficient (Wildman–Crippen LogP) is 7.45. The summed E-state index contributed by atoms with van der Waals surface area (Å²) in [6.07, 6.45) is 2.26. The standard InChI is InChI=1S/C24H16F3N7O2S.C2H6.2CH3F/c1-11-5-13(14-6-17(20(26)27)30-10-19(14)36-2)15(8-28-11)22(35)34-24-33-21-23(37-24)32-18(9-31-21)16-4-3-12(25)7-29-16;3*1-2/h3-10,20H,1-2H3,(H,31,33,34,35);1-2H3;2*1H3. The molecule has 9 nitrogen and oxygen atoms in total. The summed E-state index contributed by atoms with van der Waals surface area (Å²) >= 11 is 1.08. The van der Waals surface area contributed by atoms with Gasteiger partial charge in [0.1, 0.15) is 23.0 Å². The molecule has 0 aliphatic carbocycles. The van der Waals surface area contributed by atoms with E-state index in [2.05, 4.69) is 35.2 Å². The third kappa shape index (κ3) is 8.44. The van der Waals surface area contributed by atoms with Gasteiger partial charge in [-0.2, -0.15) is 4.98 Å². The molecule has 0 bridgehead atoms. The lowest BCUT2D eigenvalue weighted by atomic mass is 9.99. The Morgan fingerprint density at radius 3 is 2.23 bits per heavy atom. The number of ether oxygens (including phenoxy) is 1. The van der Waals surface area contributed by atoms with Gasteiger partial charge in [-0.1, -0.05) is 25.2 Å². The number of fused-ring (bicyclic) bond motifs is 1. The number of amides is 1. The summed E-state index contributed by atoms with van der Waals surface area (Å²) in [5, 5.41) is 2.91. The highest BCUT2D eigenvalue weighted by atomic mass is 32.1. The summed E-state index contributed by atoms with van der Waals surface area (Å²) in [6, 6.07) is 5.53. The van der Waals surface area contributed by atoms with Gasteiger partial charge in [0.05, 0.1) is 51.3 Å². The number of pyridine rings is 3. The molecule has 0 aliphatic heterocycles. The first-order chi connectivity index (χ1) is 20.8. The average Bonchev–Trinajstić information content (AvgIpc) is 3.45. The number of anilines is 1. The number of alkyl halides is 4. The quantitative estimate of drug-likeness (QED) is 0.195. The number of thiazole rings is 1. The molecule has 0 saturated heterocycles. The minimum Gasteiger partial charge on any atom is -0.494 e. The van der Waals surface area contributed by atoms with Gasteiger partial charge >= 0.3 is 0 Å². The number of nitrogens with one attached hydrogen (secondary N) is 1. The zero-order chi connectivity index (χ0) is 32.1. The van der Waals surface area contributed by atoms with Crippen LogP contribution in [0.4, 0.5) is 27.1 Å². The van der Waals surface area contributed by atoms with Gasteiger partial charge in [0.25, 0.3) is 12.3 Å². The fourth-order valence-corrected chi connectivity index (χ4v) is 4.30. The van der Waals surface area contributed by atoms with Crippen LogP contribution in [0.2, 0.25) is 0 Å². The lowest BCUT2D eigenvalue weighted by Crippen LogP contribution is -2.14. The molecule has 0 spiro atoms. The number of aryl methyl sites for hydroxylation is 1. The van der Waals surface area contributed by atoms with Crippen LogP contribution in [0, 0.1) is 12.7 Å². The van der Waals surface area contributed by atoms with Gasteiger partial charge in [0.2, 0.25) is 0 Å². The molecule has 5 heterocycles. The van der Waals surface area contributed by atoms with Crippen molar-refractivity contribution in [1.82, 2.24) is 29.9 Å². The van der Waals surface area contributed by atoms with Crippen molar-refractivity contribution >= 4 is 32.9 Å². The number of rotatable bonds is 6. The van der Waals surface area contributed by atoms with Crippen molar-refractivity contribution in [2.45, 2.75) is 27.2 Å². The number of methoxy groups -OCH3 is 1. The smallest absolute Gasteiger partial charge is 0.280 e. The first-order valence-corrected chi connectivity index (χ1v) is 13.3. The van der Waals surface area contributed by atoms with E-state index in [-0.39, 0.29) is 22.0 Å². The largest absolute Gasteiger partial charge is 0.494 e. The number of nitrogens with zero attached hydrogens (tertiary/aromatic N) is 6. The maximum Gasteiger partial charge on any atom is 0.280 e. The van der Waals surface area contributed by atoms with Crippen molar-refractivity contribution in [2.24, 2.45) is 0 Å². The molecule has 0 fully saturated rings. The maximum absolute atomic E-state index is 13.3. The van der Waals surface area contributed by atoms with E-state index in [0.29, 0.717) is 47.5 Å². The third-order valence-corrected chi connectivity index (χ3v) is 6.09. The second-order valence-corrected chi connectivity index (χ2v) is 8.68. The second-order valence-electron chi connectivity index (χ2n) is 7.70. The van der Waals surface area contributed by atoms with E-state index >= 15 is 0 Å². The monoisotopic (exact) mass is 621 g/mol. The minimum absolute atomic E-state index is 0.117. The summed E-state index contributed by atoms with van der Waals surface area (Å²) < 4.78 is 64.2. The van der Waals surface area contributed by atoms with Crippen LogP contribution in [0.15, 0.2) is 49.1 Å². The molecule has 15 heteroatoms. The van der Waals surface area contributed by atoms with Crippen LogP contribution >= 0.6 is 11.3 Å². The van der Waals surface area contributed by atoms with Crippen LogP contribution in [-0.4, -0.2) is 57.3 Å². The van der Waals surface area contributed by atoms with Crippen LogP contribution < -0.4 is 10.1 Å². The fraction of sp³-hybridized carbons (Fsp3) is 0.250.